The molecule has 0 saturated carbocycles. The minimum Gasteiger partial charge on any atom is -0.507 e. The summed E-state index contributed by atoms with van der Waals surface area (Å²) < 4.78 is 21.0. The molecule has 0 aliphatic carbocycles. The quantitative estimate of drug-likeness (QED) is 0.519. The summed E-state index contributed by atoms with van der Waals surface area (Å²) in [6, 6.07) is 12.5. The van der Waals surface area contributed by atoms with E-state index in [9.17, 15) is 19.1 Å². The number of benzene rings is 1. The number of carbonyl (C=O) groups is 1. The zero-order valence-electron chi connectivity index (χ0n) is 20.0. The molecule has 2 aromatic heterocycles. The fourth-order valence-corrected chi connectivity index (χ4v) is 4.77. The van der Waals surface area contributed by atoms with Crippen LogP contribution in [0.15, 0.2) is 59.5 Å². The summed E-state index contributed by atoms with van der Waals surface area (Å²) in [6.07, 6.45) is 2.78. The van der Waals surface area contributed by atoms with Crippen LogP contribution in [0.5, 0.6) is 5.75 Å². The topological polar surface area (TPSA) is 84.7 Å². The molecule has 1 atom stereocenters. The fourth-order valence-electron chi connectivity index (χ4n) is 4.77. The van der Waals surface area contributed by atoms with Crippen LogP contribution in [0.3, 0.4) is 0 Å². The first-order chi connectivity index (χ1) is 16.9. The van der Waals surface area contributed by atoms with E-state index in [-0.39, 0.29) is 35.3 Å². The molecular weight excluding hydrogens is 449 g/mol. The van der Waals surface area contributed by atoms with Crippen LogP contribution in [-0.4, -0.2) is 45.2 Å². The fraction of sp³-hybridized carbons (Fsp3) is 0.370. The molecule has 0 bridgehead atoms. The molecular formula is C27H30FN3O4. The first kappa shape index (κ1) is 24.6. The lowest BCUT2D eigenvalue weighted by atomic mass is 9.91. The second kappa shape index (κ2) is 10.8. The van der Waals surface area contributed by atoms with Crippen LogP contribution in [0.1, 0.15) is 48.3 Å². The van der Waals surface area contributed by atoms with E-state index in [1.165, 1.54) is 12.1 Å². The summed E-state index contributed by atoms with van der Waals surface area (Å²) in [7, 11) is 0. The normalized spacial score (nSPS) is 15.6. The van der Waals surface area contributed by atoms with Crippen molar-refractivity contribution in [1.82, 2.24) is 14.5 Å². The van der Waals surface area contributed by atoms with Crippen molar-refractivity contribution in [3.05, 3.63) is 93.4 Å². The Balaban J connectivity index is 1.75. The van der Waals surface area contributed by atoms with Gasteiger partial charge in [-0.2, -0.15) is 0 Å². The molecule has 1 aliphatic heterocycles. The van der Waals surface area contributed by atoms with Crippen molar-refractivity contribution in [3.63, 3.8) is 0 Å². The van der Waals surface area contributed by atoms with Crippen LogP contribution in [0.4, 0.5) is 4.39 Å². The molecule has 1 aliphatic rings. The van der Waals surface area contributed by atoms with Gasteiger partial charge in [0.15, 0.2) is 0 Å². The molecule has 1 saturated heterocycles. The number of halogens is 1. The molecule has 0 spiro atoms. The van der Waals surface area contributed by atoms with E-state index in [1.54, 1.807) is 48.9 Å². The van der Waals surface area contributed by atoms with Gasteiger partial charge in [-0.1, -0.05) is 18.2 Å². The Hall–Kier alpha value is -3.52. The van der Waals surface area contributed by atoms with Gasteiger partial charge in [-0.3, -0.25) is 19.5 Å². The number of esters is 1. The highest BCUT2D eigenvalue weighted by atomic mass is 19.1. The van der Waals surface area contributed by atoms with Crippen molar-refractivity contribution in [2.24, 2.45) is 5.92 Å². The van der Waals surface area contributed by atoms with E-state index in [2.05, 4.69) is 4.98 Å². The van der Waals surface area contributed by atoms with E-state index in [0.717, 1.165) is 0 Å². The van der Waals surface area contributed by atoms with Crippen LogP contribution in [0.25, 0.3) is 0 Å². The molecule has 8 heteroatoms. The minimum absolute atomic E-state index is 0.133. The Morgan fingerprint density at radius 3 is 2.63 bits per heavy atom. The van der Waals surface area contributed by atoms with Crippen molar-refractivity contribution >= 4 is 5.97 Å². The van der Waals surface area contributed by atoms with E-state index >= 15 is 0 Å². The molecule has 4 rings (SSSR count). The lowest BCUT2D eigenvalue weighted by Gasteiger charge is -2.37. The number of piperidine rings is 1. The first-order valence-corrected chi connectivity index (χ1v) is 11.9. The van der Waals surface area contributed by atoms with Gasteiger partial charge >= 0.3 is 5.97 Å². The maximum absolute atomic E-state index is 14.3. The molecule has 3 aromatic rings. The summed E-state index contributed by atoms with van der Waals surface area (Å²) >= 11 is 0. The average Bonchev–Trinajstić information content (AvgIpc) is 2.85. The lowest BCUT2D eigenvalue weighted by molar-refractivity contribution is -0.149. The Morgan fingerprint density at radius 1 is 1.20 bits per heavy atom. The molecule has 1 aromatic carbocycles. The Labute approximate surface area is 203 Å². The van der Waals surface area contributed by atoms with Gasteiger partial charge in [0.25, 0.3) is 5.56 Å². The van der Waals surface area contributed by atoms with Gasteiger partial charge in [-0.05, 0) is 75.7 Å². The Kier molecular flexibility index (Phi) is 7.60. The maximum Gasteiger partial charge on any atom is 0.309 e. The zero-order valence-corrected chi connectivity index (χ0v) is 20.0. The lowest BCUT2D eigenvalue weighted by Crippen LogP contribution is -2.42. The predicted molar refractivity (Wildman–Crippen MR) is 130 cm³/mol. The van der Waals surface area contributed by atoms with E-state index in [1.807, 2.05) is 17.0 Å². The van der Waals surface area contributed by atoms with Gasteiger partial charge in [-0.25, -0.2) is 4.39 Å². The summed E-state index contributed by atoms with van der Waals surface area (Å²) in [4.78, 5) is 32.4. The van der Waals surface area contributed by atoms with Gasteiger partial charge < -0.3 is 14.4 Å². The predicted octanol–water partition coefficient (Wildman–Crippen LogP) is 3.81. The minimum atomic E-state index is -0.670. The van der Waals surface area contributed by atoms with Crippen molar-refractivity contribution in [2.75, 3.05) is 19.7 Å². The van der Waals surface area contributed by atoms with Crippen LogP contribution in [-0.2, 0) is 16.1 Å². The number of likely N-dealkylation sites (tertiary alicyclic amines) is 1. The number of hydrogen-bond acceptors (Lipinski definition) is 6. The molecule has 184 valence electrons. The third-order valence-electron chi connectivity index (χ3n) is 6.52. The highest BCUT2D eigenvalue weighted by Gasteiger charge is 2.34. The molecule has 7 nitrogen and oxygen atoms in total. The van der Waals surface area contributed by atoms with Gasteiger partial charge in [0.1, 0.15) is 11.6 Å². The second-order valence-corrected chi connectivity index (χ2v) is 8.82. The average molecular weight is 480 g/mol. The number of ether oxygens (including phenoxy) is 1. The van der Waals surface area contributed by atoms with Crippen molar-refractivity contribution in [2.45, 2.75) is 39.3 Å². The third kappa shape index (κ3) is 5.43. The number of pyridine rings is 2. The van der Waals surface area contributed by atoms with Gasteiger partial charge in [0.05, 0.1) is 36.4 Å². The molecule has 3 heterocycles. The molecule has 0 radical (unpaired) electrons. The number of aromatic hydroxyl groups is 1. The van der Waals surface area contributed by atoms with Crippen LogP contribution >= 0.6 is 0 Å². The van der Waals surface area contributed by atoms with Crippen molar-refractivity contribution in [3.8, 4) is 5.75 Å². The highest BCUT2D eigenvalue weighted by molar-refractivity contribution is 5.72. The summed E-state index contributed by atoms with van der Waals surface area (Å²) in [6.45, 7) is 5.12. The van der Waals surface area contributed by atoms with Crippen molar-refractivity contribution in [1.29, 1.82) is 0 Å². The molecule has 0 unspecified atom stereocenters. The maximum atomic E-state index is 14.3. The molecule has 35 heavy (non-hydrogen) atoms. The smallest absolute Gasteiger partial charge is 0.309 e. The third-order valence-corrected chi connectivity index (χ3v) is 6.52. The van der Waals surface area contributed by atoms with Gasteiger partial charge in [0, 0.05) is 11.9 Å². The summed E-state index contributed by atoms with van der Waals surface area (Å²) in [5.41, 5.74) is 1.72. The number of hydrogen-bond donors (Lipinski definition) is 1. The second-order valence-electron chi connectivity index (χ2n) is 8.82. The molecule has 1 fully saturated rings. The van der Waals surface area contributed by atoms with Gasteiger partial charge in [-0.15, -0.1) is 0 Å². The largest absolute Gasteiger partial charge is 0.507 e. The number of nitrogens with zero attached hydrogens (tertiary/aromatic N) is 3. The Bertz CT molecular complexity index is 1240. The molecule has 0 amide bonds. The highest BCUT2D eigenvalue weighted by Crippen LogP contribution is 2.35. The molecule has 1 N–H and O–H groups in total. The number of aromatic nitrogens is 2. The van der Waals surface area contributed by atoms with Crippen LogP contribution in [0.2, 0.25) is 0 Å². The van der Waals surface area contributed by atoms with Crippen LogP contribution in [0, 0.1) is 18.7 Å². The zero-order chi connectivity index (χ0) is 24.9. The number of aryl methyl sites for hydroxylation is 1. The Morgan fingerprint density at radius 2 is 1.97 bits per heavy atom. The SMILES string of the molecule is CCOC(=O)C1CCN([C@@H](c2cccc(F)c2)c2c(O)cc(C)n(Cc3ccccn3)c2=O)CC1. The summed E-state index contributed by atoms with van der Waals surface area (Å²) in [5, 5.41) is 11.0. The number of carbonyl (C=O) groups excluding carboxylic acids is 1. The van der Waals surface area contributed by atoms with Gasteiger partial charge in [0.2, 0.25) is 0 Å². The standard InChI is InChI=1S/C27H30FN3O4/c1-3-35-27(34)19-10-13-30(14-11-19)25(20-7-6-8-21(28)16-20)24-23(32)15-18(2)31(26(24)33)17-22-9-4-5-12-29-22/h4-9,12,15-16,19,25,32H,3,10-11,13-14,17H2,1-2H3/t25-/m0/s1. The number of rotatable bonds is 7. The van der Waals surface area contributed by atoms with E-state index < -0.39 is 11.9 Å². The first-order valence-electron chi connectivity index (χ1n) is 11.9. The van der Waals surface area contributed by atoms with E-state index in [0.29, 0.717) is 49.5 Å². The van der Waals surface area contributed by atoms with Crippen molar-refractivity contribution < 1.29 is 19.0 Å². The summed E-state index contributed by atoms with van der Waals surface area (Å²) in [5.74, 6) is -0.988. The van der Waals surface area contributed by atoms with Crippen LogP contribution < -0.4 is 5.56 Å². The monoisotopic (exact) mass is 479 g/mol. The van der Waals surface area contributed by atoms with E-state index in [4.69, 9.17) is 4.74 Å².